The smallest absolute Gasteiger partial charge is 0.310 e. The number of benzene rings is 2. The van der Waals surface area contributed by atoms with Gasteiger partial charge in [0.2, 0.25) is 11.8 Å². The summed E-state index contributed by atoms with van der Waals surface area (Å²) in [7, 11) is 0. The molecule has 1 unspecified atom stereocenters. The minimum atomic E-state index is -1.65. The van der Waals surface area contributed by atoms with Gasteiger partial charge in [-0.3, -0.25) is 4.79 Å². The van der Waals surface area contributed by atoms with Crippen molar-refractivity contribution >= 4 is 5.95 Å². The second-order valence-electron chi connectivity index (χ2n) is 6.91. The monoisotopic (exact) mass is 425 g/mol. The maximum atomic E-state index is 14.3. The number of nitrogens with one attached hydrogen (secondary N) is 1. The van der Waals surface area contributed by atoms with Gasteiger partial charge < -0.3 is 9.88 Å². The van der Waals surface area contributed by atoms with Gasteiger partial charge in [0, 0.05) is 17.8 Å². The standard InChI is InChI=1S/C20H13F6N3O/c21-11-5-10-1-2-16(17(10)12(22)6-11)27-20-28-19(30)15(25)8-29(20)7-9-3-13(23)18(26)14(24)4-9/h3-6,8,16H,1-2,7H2,(H,27,28,30). The molecule has 0 radical (unpaired) electrons. The second-order valence-corrected chi connectivity index (χ2v) is 6.91. The highest BCUT2D eigenvalue weighted by Gasteiger charge is 2.28. The van der Waals surface area contributed by atoms with Crippen molar-refractivity contribution < 1.29 is 26.3 Å². The molecule has 4 rings (SSSR count). The van der Waals surface area contributed by atoms with Gasteiger partial charge in [-0.1, -0.05) is 0 Å². The van der Waals surface area contributed by atoms with Crippen LogP contribution in [0.1, 0.15) is 29.2 Å². The van der Waals surface area contributed by atoms with Crippen LogP contribution in [0.15, 0.2) is 35.3 Å². The first kappa shape index (κ1) is 20.0. The molecule has 30 heavy (non-hydrogen) atoms. The molecule has 1 aliphatic carbocycles. The lowest BCUT2D eigenvalue weighted by Crippen LogP contribution is -2.23. The molecule has 1 aliphatic rings. The van der Waals surface area contributed by atoms with Crippen molar-refractivity contribution in [3.8, 4) is 0 Å². The first-order chi connectivity index (χ1) is 14.2. The Kier molecular flexibility index (Phi) is 5.00. The van der Waals surface area contributed by atoms with Crippen LogP contribution < -0.4 is 10.9 Å². The Bertz CT molecular complexity index is 1190. The van der Waals surface area contributed by atoms with E-state index >= 15 is 0 Å². The normalized spacial score (nSPS) is 15.3. The lowest BCUT2D eigenvalue weighted by molar-refractivity contribution is 0.444. The van der Waals surface area contributed by atoms with Gasteiger partial charge >= 0.3 is 5.56 Å². The maximum absolute atomic E-state index is 14.3. The molecular formula is C20H13F6N3O. The van der Waals surface area contributed by atoms with Gasteiger partial charge in [0.05, 0.1) is 12.6 Å². The summed E-state index contributed by atoms with van der Waals surface area (Å²) < 4.78 is 82.8. The fourth-order valence-electron chi connectivity index (χ4n) is 3.58. The van der Waals surface area contributed by atoms with Crippen molar-refractivity contribution in [1.82, 2.24) is 9.55 Å². The molecule has 0 fully saturated rings. The molecule has 0 saturated carbocycles. The number of nitrogens with zero attached hydrogens (tertiary/aromatic N) is 2. The summed E-state index contributed by atoms with van der Waals surface area (Å²) in [5.74, 6) is -7.41. The molecule has 0 spiro atoms. The second kappa shape index (κ2) is 7.51. The highest BCUT2D eigenvalue weighted by Crippen LogP contribution is 2.36. The number of hydrogen-bond donors (Lipinski definition) is 1. The zero-order chi connectivity index (χ0) is 21.6. The minimum absolute atomic E-state index is 0.0561. The van der Waals surface area contributed by atoms with E-state index in [-0.39, 0.29) is 23.6 Å². The zero-order valence-corrected chi connectivity index (χ0v) is 15.2. The fraction of sp³-hybridized carbons (Fsp3) is 0.200. The molecule has 0 bridgehead atoms. The number of hydrogen-bond acceptors (Lipinski definition) is 3. The number of aryl methyl sites for hydroxylation is 1. The number of rotatable bonds is 4. The van der Waals surface area contributed by atoms with Crippen LogP contribution in [0.5, 0.6) is 0 Å². The average molecular weight is 425 g/mol. The summed E-state index contributed by atoms with van der Waals surface area (Å²) in [5.41, 5.74) is -0.605. The maximum Gasteiger partial charge on any atom is 0.310 e. The average Bonchev–Trinajstić information content (AvgIpc) is 3.06. The van der Waals surface area contributed by atoms with Crippen molar-refractivity contribution in [2.45, 2.75) is 25.4 Å². The van der Waals surface area contributed by atoms with Gasteiger partial charge in [-0.05, 0) is 42.2 Å². The van der Waals surface area contributed by atoms with Crippen molar-refractivity contribution in [3.05, 3.63) is 92.4 Å². The van der Waals surface area contributed by atoms with Crippen molar-refractivity contribution in [3.63, 3.8) is 0 Å². The Morgan fingerprint density at radius 2 is 1.67 bits per heavy atom. The SMILES string of the molecule is O=c1nc(NC2CCc3cc(F)cc(F)c32)n(Cc2cc(F)c(F)c(F)c2)cc1F. The molecule has 1 atom stereocenters. The van der Waals surface area contributed by atoms with E-state index in [0.29, 0.717) is 18.4 Å². The van der Waals surface area contributed by atoms with Crippen LogP contribution in [0, 0.1) is 34.9 Å². The van der Waals surface area contributed by atoms with E-state index < -0.39 is 46.5 Å². The molecule has 1 N–H and O–H groups in total. The Morgan fingerprint density at radius 1 is 0.967 bits per heavy atom. The van der Waals surface area contributed by atoms with Gasteiger partial charge in [0.1, 0.15) is 11.6 Å². The van der Waals surface area contributed by atoms with Crippen molar-refractivity contribution in [2.75, 3.05) is 5.32 Å². The summed E-state index contributed by atoms with van der Waals surface area (Å²) in [6.45, 7) is -0.355. The van der Waals surface area contributed by atoms with Gasteiger partial charge in [-0.2, -0.15) is 9.37 Å². The third-order valence-electron chi connectivity index (χ3n) is 4.88. The van der Waals surface area contributed by atoms with Crippen LogP contribution in [-0.4, -0.2) is 9.55 Å². The Morgan fingerprint density at radius 3 is 2.37 bits per heavy atom. The molecule has 0 saturated heterocycles. The third-order valence-corrected chi connectivity index (χ3v) is 4.88. The predicted octanol–water partition coefficient (Wildman–Crippen LogP) is 4.23. The summed E-state index contributed by atoms with van der Waals surface area (Å²) in [6.07, 6.45) is 1.48. The van der Waals surface area contributed by atoms with Crippen molar-refractivity contribution in [1.29, 1.82) is 0 Å². The van der Waals surface area contributed by atoms with Gasteiger partial charge in [-0.25, -0.2) is 22.0 Å². The minimum Gasteiger partial charge on any atom is -0.349 e. The van der Waals surface area contributed by atoms with Gasteiger partial charge in [0.25, 0.3) is 0 Å². The van der Waals surface area contributed by atoms with E-state index in [1.165, 1.54) is 6.07 Å². The molecule has 10 heteroatoms. The van der Waals surface area contributed by atoms with E-state index in [9.17, 15) is 31.1 Å². The molecule has 3 aromatic rings. The quantitative estimate of drug-likeness (QED) is 0.503. The van der Waals surface area contributed by atoms with Crippen LogP contribution in [0.25, 0.3) is 0 Å². The molecule has 156 valence electrons. The number of aromatic nitrogens is 2. The van der Waals surface area contributed by atoms with E-state index in [1.807, 2.05) is 0 Å². The van der Waals surface area contributed by atoms with Crippen LogP contribution in [0.2, 0.25) is 0 Å². The number of fused-ring (bicyclic) bond motifs is 1. The number of halogens is 6. The first-order valence-corrected chi connectivity index (χ1v) is 8.87. The van der Waals surface area contributed by atoms with Crippen LogP contribution in [0.4, 0.5) is 32.3 Å². The molecule has 0 amide bonds. The molecular weight excluding hydrogens is 412 g/mol. The molecule has 4 nitrogen and oxygen atoms in total. The summed E-state index contributed by atoms with van der Waals surface area (Å²) in [5, 5.41) is 2.82. The van der Waals surface area contributed by atoms with Gasteiger partial charge in [0.15, 0.2) is 17.5 Å². The third kappa shape index (κ3) is 3.64. The number of anilines is 1. The Hall–Kier alpha value is -3.30. The molecule has 1 heterocycles. The molecule has 2 aromatic carbocycles. The Labute approximate surface area is 165 Å². The largest absolute Gasteiger partial charge is 0.349 e. The van der Waals surface area contributed by atoms with E-state index in [0.717, 1.165) is 29.0 Å². The van der Waals surface area contributed by atoms with E-state index in [4.69, 9.17) is 0 Å². The summed E-state index contributed by atoms with van der Waals surface area (Å²) >= 11 is 0. The zero-order valence-electron chi connectivity index (χ0n) is 15.2. The summed E-state index contributed by atoms with van der Waals surface area (Å²) in [4.78, 5) is 15.3. The fourth-order valence-corrected chi connectivity index (χ4v) is 3.58. The lowest BCUT2D eigenvalue weighted by atomic mass is 10.1. The highest BCUT2D eigenvalue weighted by atomic mass is 19.2. The topological polar surface area (TPSA) is 46.9 Å². The van der Waals surface area contributed by atoms with Crippen LogP contribution in [0.3, 0.4) is 0 Å². The van der Waals surface area contributed by atoms with E-state index in [1.54, 1.807) is 0 Å². The lowest BCUT2D eigenvalue weighted by Gasteiger charge is -2.19. The highest BCUT2D eigenvalue weighted by molar-refractivity contribution is 5.42. The van der Waals surface area contributed by atoms with Crippen molar-refractivity contribution in [2.24, 2.45) is 0 Å². The summed E-state index contributed by atoms with van der Waals surface area (Å²) in [6, 6.07) is 2.70. The van der Waals surface area contributed by atoms with Crippen LogP contribution >= 0.6 is 0 Å². The van der Waals surface area contributed by atoms with Crippen LogP contribution in [-0.2, 0) is 13.0 Å². The Balaban J connectivity index is 1.70. The molecule has 1 aromatic heterocycles. The predicted molar refractivity (Wildman–Crippen MR) is 94.9 cm³/mol. The first-order valence-electron chi connectivity index (χ1n) is 8.87. The van der Waals surface area contributed by atoms with Gasteiger partial charge in [-0.15, -0.1) is 0 Å². The van der Waals surface area contributed by atoms with E-state index in [2.05, 4.69) is 10.3 Å². The molecule has 0 aliphatic heterocycles.